The van der Waals surface area contributed by atoms with Crippen LogP contribution in [0.4, 0.5) is 11.6 Å². The molecule has 88 valence electrons. The highest BCUT2D eigenvalue weighted by atomic mass is 16.5. The van der Waals surface area contributed by atoms with Gasteiger partial charge in [0, 0.05) is 11.8 Å². The first-order valence-corrected chi connectivity index (χ1v) is 5.58. The van der Waals surface area contributed by atoms with Crippen LogP contribution < -0.4 is 10.1 Å². The summed E-state index contributed by atoms with van der Waals surface area (Å²) in [7, 11) is 0. The van der Waals surface area contributed by atoms with Gasteiger partial charge in [-0.1, -0.05) is 0 Å². The molecular weight excluding hydrogens is 218 g/mol. The second-order valence-corrected chi connectivity index (χ2v) is 4.02. The van der Waals surface area contributed by atoms with Crippen LogP contribution in [0.5, 0.6) is 5.88 Å². The van der Waals surface area contributed by atoms with Crippen molar-refractivity contribution in [3.63, 3.8) is 0 Å². The highest BCUT2D eigenvalue weighted by Crippen LogP contribution is 2.28. The van der Waals surface area contributed by atoms with E-state index in [-0.39, 0.29) is 0 Å². The monoisotopic (exact) mass is 231 g/mol. The highest BCUT2D eigenvalue weighted by Gasteiger charge is 2.17. The Kier molecular flexibility index (Phi) is 2.40. The maximum absolute atomic E-state index is 5.49. The van der Waals surface area contributed by atoms with Crippen molar-refractivity contribution in [1.82, 2.24) is 20.2 Å². The molecule has 0 bridgehead atoms. The molecule has 0 atom stereocenters. The molecule has 1 aliphatic heterocycles. The van der Waals surface area contributed by atoms with Gasteiger partial charge in [-0.3, -0.25) is 5.10 Å². The van der Waals surface area contributed by atoms with E-state index in [9.17, 15) is 0 Å². The summed E-state index contributed by atoms with van der Waals surface area (Å²) in [6.07, 6.45) is 3.43. The van der Waals surface area contributed by atoms with Crippen LogP contribution in [0.3, 0.4) is 0 Å². The number of aryl methyl sites for hydroxylation is 1. The lowest BCUT2D eigenvalue weighted by Gasteiger charge is -2.17. The van der Waals surface area contributed by atoms with Crippen LogP contribution in [0.25, 0.3) is 0 Å². The van der Waals surface area contributed by atoms with Gasteiger partial charge in [0.25, 0.3) is 0 Å². The van der Waals surface area contributed by atoms with Crippen LogP contribution in [0, 0.1) is 6.92 Å². The first-order valence-electron chi connectivity index (χ1n) is 5.58. The van der Waals surface area contributed by atoms with Gasteiger partial charge in [-0.15, -0.1) is 0 Å². The minimum atomic E-state index is 0.681. The number of H-pyrrole nitrogens is 1. The van der Waals surface area contributed by atoms with Gasteiger partial charge in [-0.05, 0) is 19.8 Å². The summed E-state index contributed by atoms with van der Waals surface area (Å²) in [4.78, 5) is 8.37. The number of nitrogens with zero attached hydrogens (tertiary/aromatic N) is 3. The van der Waals surface area contributed by atoms with Gasteiger partial charge < -0.3 is 10.1 Å². The number of nitrogens with one attached hydrogen (secondary N) is 2. The average molecular weight is 231 g/mol. The molecule has 17 heavy (non-hydrogen) atoms. The van der Waals surface area contributed by atoms with E-state index in [2.05, 4.69) is 25.5 Å². The molecule has 6 nitrogen and oxygen atoms in total. The van der Waals surface area contributed by atoms with Crippen molar-refractivity contribution < 1.29 is 4.74 Å². The predicted octanol–water partition coefficient (Wildman–Crippen LogP) is 1.58. The Hall–Kier alpha value is -2.11. The lowest BCUT2D eigenvalue weighted by Crippen LogP contribution is -2.12. The maximum Gasteiger partial charge on any atom is 0.221 e. The summed E-state index contributed by atoms with van der Waals surface area (Å²) >= 11 is 0. The van der Waals surface area contributed by atoms with E-state index in [0.717, 1.165) is 42.3 Å². The van der Waals surface area contributed by atoms with Crippen molar-refractivity contribution in [2.24, 2.45) is 0 Å². The number of fused-ring (bicyclic) bond motifs is 1. The SMILES string of the molecule is Cc1cc(Nc2ncnc3c2CCCO3)n[nH]1. The molecule has 2 aromatic rings. The second-order valence-electron chi connectivity index (χ2n) is 4.02. The predicted molar refractivity (Wildman–Crippen MR) is 62.5 cm³/mol. The fourth-order valence-electron chi connectivity index (χ4n) is 1.87. The molecule has 2 N–H and O–H groups in total. The lowest BCUT2D eigenvalue weighted by molar-refractivity contribution is 0.276. The van der Waals surface area contributed by atoms with Gasteiger partial charge >= 0.3 is 0 Å². The number of ether oxygens (including phenoxy) is 1. The van der Waals surface area contributed by atoms with Crippen LogP contribution in [-0.2, 0) is 6.42 Å². The van der Waals surface area contributed by atoms with Crippen molar-refractivity contribution in [1.29, 1.82) is 0 Å². The summed E-state index contributed by atoms with van der Waals surface area (Å²) in [5.41, 5.74) is 2.03. The van der Waals surface area contributed by atoms with Crippen molar-refractivity contribution >= 4 is 11.6 Å². The van der Waals surface area contributed by atoms with Gasteiger partial charge in [0.2, 0.25) is 5.88 Å². The number of hydrogen-bond donors (Lipinski definition) is 2. The van der Waals surface area contributed by atoms with Crippen molar-refractivity contribution in [2.75, 3.05) is 11.9 Å². The smallest absolute Gasteiger partial charge is 0.221 e. The molecule has 0 aliphatic carbocycles. The zero-order valence-corrected chi connectivity index (χ0v) is 9.53. The van der Waals surface area contributed by atoms with E-state index in [0.29, 0.717) is 5.88 Å². The van der Waals surface area contributed by atoms with E-state index in [4.69, 9.17) is 4.74 Å². The summed E-state index contributed by atoms with van der Waals surface area (Å²) in [5, 5.41) is 10.2. The van der Waals surface area contributed by atoms with Crippen LogP contribution in [0.15, 0.2) is 12.4 Å². The summed E-state index contributed by atoms with van der Waals surface area (Å²) in [5.74, 6) is 2.22. The molecule has 3 heterocycles. The van der Waals surface area contributed by atoms with E-state index in [1.54, 1.807) is 0 Å². The van der Waals surface area contributed by atoms with E-state index >= 15 is 0 Å². The third-order valence-corrected chi connectivity index (χ3v) is 2.67. The van der Waals surface area contributed by atoms with Crippen LogP contribution in [0.2, 0.25) is 0 Å². The Balaban J connectivity index is 1.92. The summed E-state index contributed by atoms with van der Waals surface area (Å²) in [6.45, 7) is 2.68. The largest absolute Gasteiger partial charge is 0.477 e. The van der Waals surface area contributed by atoms with Crippen molar-refractivity contribution in [3.05, 3.63) is 23.7 Å². The minimum absolute atomic E-state index is 0.681. The average Bonchev–Trinajstić information content (AvgIpc) is 2.75. The third-order valence-electron chi connectivity index (χ3n) is 2.67. The topological polar surface area (TPSA) is 75.7 Å². The summed E-state index contributed by atoms with van der Waals surface area (Å²) < 4.78 is 5.49. The third kappa shape index (κ3) is 1.93. The summed E-state index contributed by atoms with van der Waals surface area (Å²) in [6, 6.07) is 1.93. The second kappa shape index (κ2) is 4.04. The minimum Gasteiger partial charge on any atom is -0.477 e. The molecule has 1 aliphatic rings. The molecule has 0 amide bonds. The fourth-order valence-corrected chi connectivity index (χ4v) is 1.87. The zero-order chi connectivity index (χ0) is 11.7. The first kappa shape index (κ1) is 10.1. The van der Waals surface area contributed by atoms with Gasteiger partial charge in [-0.2, -0.15) is 5.10 Å². The van der Waals surface area contributed by atoms with Crippen LogP contribution in [-0.4, -0.2) is 26.8 Å². The molecule has 0 radical (unpaired) electrons. The van der Waals surface area contributed by atoms with Crippen molar-refractivity contribution in [3.8, 4) is 5.88 Å². The molecule has 0 unspecified atom stereocenters. The number of aromatic nitrogens is 4. The van der Waals surface area contributed by atoms with E-state index < -0.39 is 0 Å². The molecule has 3 rings (SSSR count). The van der Waals surface area contributed by atoms with Crippen LogP contribution >= 0.6 is 0 Å². The Labute approximate surface area is 98.4 Å². The molecule has 0 saturated carbocycles. The van der Waals surface area contributed by atoms with E-state index in [1.165, 1.54) is 6.33 Å². The lowest BCUT2D eigenvalue weighted by atomic mass is 10.1. The fraction of sp³-hybridized carbons (Fsp3) is 0.364. The van der Waals surface area contributed by atoms with Crippen molar-refractivity contribution in [2.45, 2.75) is 19.8 Å². The first-order chi connectivity index (χ1) is 8.33. The van der Waals surface area contributed by atoms with Gasteiger partial charge in [0.1, 0.15) is 12.1 Å². The zero-order valence-electron chi connectivity index (χ0n) is 9.53. The molecule has 0 fully saturated rings. The maximum atomic E-state index is 5.49. The molecule has 0 aromatic carbocycles. The van der Waals surface area contributed by atoms with E-state index in [1.807, 2.05) is 13.0 Å². The molecule has 0 spiro atoms. The molecule has 2 aromatic heterocycles. The number of aromatic amines is 1. The normalized spacial score (nSPS) is 13.9. The molecule has 0 saturated heterocycles. The number of rotatable bonds is 2. The van der Waals surface area contributed by atoms with Gasteiger partial charge in [-0.25, -0.2) is 9.97 Å². The quantitative estimate of drug-likeness (QED) is 0.820. The Morgan fingerprint density at radius 3 is 3.18 bits per heavy atom. The molecular formula is C11H13N5O. The Morgan fingerprint density at radius 1 is 1.41 bits per heavy atom. The van der Waals surface area contributed by atoms with Gasteiger partial charge in [0.05, 0.1) is 12.2 Å². The standard InChI is InChI=1S/C11H13N5O/c1-7-5-9(16-15-7)14-10-8-3-2-4-17-11(8)13-6-12-10/h5-6H,2-4H2,1H3,(H2,12,13,14,15,16). The Morgan fingerprint density at radius 2 is 2.35 bits per heavy atom. The van der Waals surface area contributed by atoms with Gasteiger partial charge in [0.15, 0.2) is 5.82 Å². The van der Waals surface area contributed by atoms with Crippen LogP contribution in [0.1, 0.15) is 17.7 Å². The number of hydrogen-bond acceptors (Lipinski definition) is 5. The Bertz CT molecular complexity index is 536. The highest BCUT2D eigenvalue weighted by molar-refractivity contribution is 5.58. The number of anilines is 2. The molecule has 6 heteroatoms.